The molecule has 0 heterocycles. The quantitative estimate of drug-likeness (QED) is 0.671. The summed E-state index contributed by atoms with van der Waals surface area (Å²) >= 11 is 0. The van der Waals surface area contributed by atoms with E-state index in [4.69, 9.17) is 0 Å². The molecule has 0 aromatic rings. The van der Waals surface area contributed by atoms with E-state index in [0.29, 0.717) is 0 Å². The highest BCUT2D eigenvalue weighted by Gasteiger charge is 2.18. The summed E-state index contributed by atoms with van der Waals surface area (Å²) in [5.74, 6) is 0. The molecule has 0 aliphatic rings. The summed E-state index contributed by atoms with van der Waals surface area (Å²) in [4.78, 5) is 0. The summed E-state index contributed by atoms with van der Waals surface area (Å²) in [7, 11) is 1.91. The van der Waals surface area contributed by atoms with Gasteiger partial charge in [-0.05, 0) is 17.1 Å². The maximum atomic E-state index is 3.73. The Morgan fingerprint density at radius 1 is 1.07 bits per heavy atom. The van der Waals surface area contributed by atoms with E-state index in [0.717, 1.165) is 5.70 Å². The fraction of sp³-hybridized carbons (Fsp3) is 0.385. The Morgan fingerprint density at radius 3 is 1.86 bits per heavy atom. The lowest BCUT2D eigenvalue weighted by Gasteiger charge is -2.25. The smallest absolute Gasteiger partial charge is 0.0375 e. The molecule has 0 fully saturated rings. The van der Waals surface area contributed by atoms with Crippen molar-refractivity contribution in [3.05, 3.63) is 48.7 Å². The van der Waals surface area contributed by atoms with E-state index in [1.807, 2.05) is 25.3 Å². The molecule has 0 aliphatic carbocycles. The maximum Gasteiger partial charge on any atom is 0.0375 e. The molecule has 0 rings (SSSR count). The van der Waals surface area contributed by atoms with Crippen LogP contribution in [0.3, 0.4) is 0 Å². The SMILES string of the molecule is C=C/C=C(\C(=C/C=C)NC)C(C)(C)C. The van der Waals surface area contributed by atoms with Crippen molar-refractivity contribution in [3.8, 4) is 0 Å². The van der Waals surface area contributed by atoms with Gasteiger partial charge in [-0.25, -0.2) is 0 Å². The first-order valence-electron chi connectivity index (χ1n) is 4.81. The largest absolute Gasteiger partial charge is 0.388 e. The standard InChI is InChI=1S/C13H21N/c1-7-9-11(13(3,4)5)12(14-6)10-8-2/h7-10,14H,1-2H2,3-6H3/b11-9+,12-10+. The van der Waals surface area contributed by atoms with Gasteiger partial charge in [0.1, 0.15) is 0 Å². The third-order valence-corrected chi connectivity index (χ3v) is 1.94. The summed E-state index contributed by atoms with van der Waals surface area (Å²) in [6, 6.07) is 0. The van der Waals surface area contributed by atoms with Crippen molar-refractivity contribution < 1.29 is 0 Å². The second-order valence-electron chi connectivity index (χ2n) is 4.13. The van der Waals surface area contributed by atoms with Crippen LogP contribution in [0.1, 0.15) is 20.8 Å². The van der Waals surface area contributed by atoms with Crippen LogP contribution in [0.15, 0.2) is 48.7 Å². The van der Waals surface area contributed by atoms with Crippen molar-refractivity contribution in [2.24, 2.45) is 5.41 Å². The van der Waals surface area contributed by atoms with E-state index in [2.05, 4.69) is 39.2 Å². The fourth-order valence-corrected chi connectivity index (χ4v) is 1.29. The van der Waals surface area contributed by atoms with Crippen LogP contribution in [-0.4, -0.2) is 7.05 Å². The molecule has 0 amide bonds. The Labute approximate surface area is 87.9 Å². The predicted octanol–water partition coefficient (Wildman–Crippen LogP) is 3.43. The third kappa shape index (κ3) is 3.65. The first-order chi connectivity index (χ1) is 6.47. The van der Waals surface area contributed by atoms with Gasteiger partial charge in [0.2, 0.25) is 0 Å². The van der Waals surface area contributed by atoms with Crippen LogP contribution < -0.4 is 5.32 Å². The minimum Gasteiger partial charge on any atom is -0.388 e. The number of likely N-dealkylation sites (N-methyl/N-ethyl adjacent to an activating group) is 1. The molecule has 0 saturated heterocycles. The lowest BCUT2D eigenvalue weighted by Crippen LogP contribution is -2.18. The summed E-state index contributed by atoms with van der Waals surface area (Å²) in [5, 5.41) is 3.17. The predicted molar refractivity (Wildman–Crippen MR) is 65.1 cm³/mol. The van der Waals surface area contributed by atoms with Crippen LogP contribution in [0, 0.1) is 5.41 Å². The second kappa shape index (κ2) is 5.48. The Kier molecular flexibility index (Phi) is 5.00. The van der Waals surface area contributed by atoms with Gasteiger partial charge in [0.15, 0.2) is 0 Å². The van der Waals surface area contributed by atoms with Crippen LogP contribution in [0.5, 0.6) is 0 Å². The molecule has 1 heteroatoms. The topological polar surface area (TPSA) is 12.0 Å². The van der Waals surface area contributed by atoms with E-state index in [1.165, 1.54) is 5.57 Å². The van der Waals surface area contributed by atoms with Gasteiger partial charge >= 0.3 is 0 Å². The van der Waals surface area contributed by atoms with Crippen molar-refractivity contribution in [3.63, 3.8) is 0 Å². The van der Waals surface area contributed by atoms with E-state index in [-0.39, 0.29) is 5.41 Å². The summed E-state index contributed by atoms with van der Waals surface area (Å²) in [6.45, 7) is 14.0. The Hall–Kier alpha value is -1.24. The first-order valence-corrected chi connectivity index (χ1v) is 4.81. The number of hydrogen-bond acceptors (Lipinski definition) is 1. The molecule has 0 atom stereocenters. The Balaban J connectivity index is 5.20. The van der Waals surface area contributed by atoms with Crippen LogP contribution in [0.2, 0.25) is 0 Å². The molecule has 0 spiro atoms. The van der Waals surface area contributed by atoms with E-state index in [9.17, 15) is 0 Å². The summed E-state index contributed by atoms with van der Waals surface area (Å²) < 4.78 is 0. The van der Waals surface area contributed by atoms with Gasteiger partial charge in [0.25, 0.3) is 0 Å². The summed E-state index contributed by atoms with van der Waals surface area (Å²) in [6.07, 6.45) is 7.61. The lowest BCUT2D eigenvalue weighted by molar-refractivity contribution is 0.504. The van der Waals surface area contributed by atoms with Crippen LogP contribution in [-0.2, 0) is 0 Å². The molecule has 0 saturated carbocycles. The molecule has 0 unspecified atom stereocenters. The van der Waals surface area contributed by atoms with E-state index >= 15 is 0 Å². The molecular weight excluding hydrogens is 170 g/mol. The van der Waals surface area contributed by atoms with E-state index in [1.54, 1.807) is 6.08 Å². The van der Waals surface area contributed by atoms with Crippen LogP contribution >= 0.6 is 0 Å². The van der Waals surface area contributed by atoms with Crippen molar-refractivity contribution >= 4 is 0 Å². The zero-order chi connectivity index (χ0) is 11.2. The minimum absolute atomic E-state index is 0.103. The molecule has 0 aromatic carbocycles. The van der Waals surface area contributed by atoms with Gasteiger partial charge in [-0.15, -0.1) is 0 Å². The number of allylic oxidation sites excluding steroid dienone is 5. The number of nitrogens with one attached hydrogen (secondary N) is 1. The average molecular weight is 191 g/mol. The van der Waals surface area contributed by atoms with Gasteiger partial charge in [-0.3, -0.25) is 0 Å². The minimum atomic E-state index is 0.103. The first kappa shape index (κ1) is 12.8. The molecule has 0 aliphatic heterocycles. The Morgan fingerprint density at radius 2 is 1.57 bits per heavy atom. The van der Waals surface area contributed by atoms with Gasteiger partial charge in [-0.1, -0.05) is 52.2 Å². The average Bonchev–Trinajstić information content (AvgIpc) is 2.09. The highest BCUT2D eigenvalue weighted by Crippen LogP contribution is 2.29. The van der Waals surface area contributed by atoms with Crippen molar-refractivity contribution in [2.45, 2.75) is 20.8 Å². The maximum absolute atomic E-state index is 3.73. The highest BCUT2D eigenvalue weighted by atomic mass is 14.8. The molecule has 0 radical (unpaired) electrons. The number of hydrogen-bond donors (Lipinski definition) is 1. The lowest BCUT2D eigenvalue weighted by atomic mass is 9.84. The van der Waals surface area contributed by atoms with Crippen molar-refractivity contribution in [1.29, 1.82) is 0 Å². The van der Waals surface area contributed by atoms with Crippen LogP contribution in [0.4, 0.5) is 0 Å². The van der Waals surface area contributed by atoms with Crippen LogP contribution in [0.25, 0.3) is 0 Å². The number of rotatable bonds is 4. The third-order valence-electron chi connectivity index (χ3n) is 1.94. The zero-order valence-corrected chi connectivity index (χ0v) is 9.72. The van der Waals surface area contributed by atoms with Crippen molar-refractivity contribution in [1.82, 2.24) is 5.32 Å². The van der Waals surface area contributed by atoms with Gasteiger partial charge in [-0.2, -0.15) is 0 Å². The highest BCUT2D eigenvalue weighted by molar-refractivity contribution is 5.37. The molecule has 14 heavy (non-hydrogen) atoms. The van der Waals surface area contributed by atoms with Gasteiger partial charge < -0.3 is 5.32 Å². The molecular formula is C13H21N. The normalized spacial score (nSPS) is 13.7. The molecule has 0 aromatic heterocycles. The molecule has 1 N–H and O–H groups in total. The fourth-order valence-electron chi connectivity index (χ4n) is 1.29. The Bertz CT molecular complexity index is 261. The zero-order valence-electron chi connectivity index (χ0n) is 9.72. The monoisotopic (exact) mass is 191 g/mol. The molecule has 0 bridgehead atoms. The van der Waals surface area contributed by atoms with Gasteiger partial charge in [0.05, 0.1) is 0 Å². The summed E-state index contributed by atoms with van der Waals surface area (Å²) in [5.41, 5.74) is 2.42. The second-order valence-corrected chi connectivity index (χ2v) is 4.13. The van der Waals surface area contributed by atoms with Gasteiger partial charge in [0, 0.05) is 12.7 Å². The molecule has 78 valence electrons. The van der Waals surface area contributed by atoms with E-state index < -0.39 is 0 Å². The molecule has 1 nitrogen and oxygen atoms in total. The van der Waals surface area contributed by atoms with Crippen molar-refractivity contribution in [2.75, 3.05) is 7.05 Å².